The van der Waals surface area contributed by atoms with Gasteiger partial charge < -0.3 is 5.41 Å². The maximum Gasteiger partial charge on any atom is 0.159 e. The van der Waals surface area contributed by atoms with E-state index >= 15 is 0 Å². The largest absolute Gasteiger partial charge is 0.300 e. The maximum absolute atomic E-state index is 8.07. The van der Waals surface area contributed by atoms with Crippen molar-refractivity contribution in [1.29, 1.82) is 5.41 Å². The zero-order valence-corrected chi connectivity index (χ0v) is 12.6. The summed E-state index contributed by atoms with van der Waals surface area (Å²) in [7, 11) is 2.03. The Morgan fingerprint density at radius 1 is 1.10 bits per heavy atom. The SMILES string of the molecule is Bc1ccc(C(=N)/C=C\C(=C)c2nc(C)cc(C)n2)cc1. The van der Waals surface area contributed by atoms with Crippen LogP contribution < -0.4 is 5.46 Å². The Labute approximate surface area is 126 Å². The summed E-state index contributed by atoms with van der Waals surface area (Å²) >= 11 is 0. The molecule has 1 N–H and O–H groups in total. The van der Waals surface area contributed by atoms with Crippen molar-refractivity contribution in [3.63, 3.8) is 0 Å². The lowest BCUT2D eigenvalue weighted by Crippen LogP contribution is -2.03. The van der Waals surface area contributed by atoms with E-state index in [2.05, 4.69) is 16.5 Å². The predicted molar refractivity (Wildman–Crippen MR) is 91.1 cm³/mol. The van der Waals surface area contributed by atoms with Crippen molar-refractivity contribution in [2.24, 2.45) is 0 Å². The van der Waals surface area contributed by atoms with Gasteiger partial charge in [-0.3, -0.25) is 0 Å². The van der Waals surface area contributed by atoms with Crippen molar-refractivity contribution >= 4 is 24.6 Å². The van der Waals surface area contributed by atoms with Gasteiger partial charge in [0, 0.05) is 17.0 Å². The standard InChI is InChI=1S/C17H18BN3/c1-11(17-20-12(2)10-13(3)21-17)4-9-16(19)14-5-7-15(18)8-6-14/h4-10,19H,1,18H2,2-3H3/b9-4-,19-16?. The van der Waals surface area contributed by atoms with Crippen LogP contribution >= 0.6 is 0 Å². The summed E-state index contributed by atoms with van der Waals surface area (Å²) in [5.74, 6) is 0.612. The fourth-order valence-electron chi connectivity index (χ4n) is 1.96. The van der Waals surface area contributed by atoms with Gasteiger partial charge in [0.25, 0.3) is 0 Å². The number of hydrogen-bond donors (Lipinski definition) is 1. The zero-order valence-electron chi connectivity index (χ0n) is 12.6. The first kappa shape index (κ1) is 14.9. The van der Waals surface area contributed by atoms with Gasteiger partial charge in [-0.15, -0.1) is 0 Å². The molecule has 104 valence electrons. The van der Waals surface area contributed by atoms with Gasteiger partial charge in [-0.1, -0.05) is 36.3 Å². The number of nitrogens with zero attached hydrogens (tertiary/aromatic N) is 2. The second kappa shape index (κ2) is 6.31. The number of nitrogens with one attached hydrogen (secondary N) is 1. The minimum Gasteiger partial charge on any atom is -0.300 e. The molecule has 0 aliphatic heterocycles. The molecule has 0 saturated carbocycles. The van der Waals surface area contributed by atoms with Gasteiger partial charge in [0.15, 0.2) is 5.82 Å². The molecule has 0 aliphatic carbocycles. The number of aryl methyl sites for hydroxylation is 2. The zero-order chi connectivity index (χ0) is 15.4. The van der Waals surface area contributed by atoms with Gasteiger partial charge in [-0.2, -0.15) is 0 Å². The van der Waals surface area contributed by atoms with Crippen molar-refractivity contribution in [3.8, 4) is 0 Å². The summed E-state index contributed by atoms with van der Waals surface area (Å²) < 4.78 is 0. The van der Waals surface area contributed by atoms with E-state index in [1.807, 2.05) is 52.0 Å². The molecule has 0 spiro atoms. The Balaban J connectivity index is 2.14. The molecule has 2 rings (SSSR count). The maximum atomic E-state index is 8.07. The lowest BCUT2D eigenvalue weighted by atomic mass is 9.94. The third-order valence-corrected chi connectivity index (χ3v) is 3.08. The first-order valence-corrected chi connectivity index (χ1v) is 6.81. The van der Waals surface area contributed by atoms with E-state index in [0.717, 1.165) is 17.0 Å². The van der Waals surface area contributed by atoms with Crippen LogP contribution in [0, 0.1) is 19.3 Å². The molecular formula is C17H18BN3. The first-order valence-electron chi connectivity index (χ1n) is 6.81. The normalized spacial score (nSPS) is 10.8. The van der Waals surface area contributed by atoms with Gasteiger partial charge in [-0.25, -0.2) is 9.97 Å². The lowest BCUT2D eigenvalue weighted by molar-refractivity contribution is 1.02. The van der Waals surface area contributed by atoms with E-state index in [0.29, 0.717) is 17.1 Å². The number of allylic oxidation sites excluding steroid dienone is 3. The molecule has 0 aliphatic rings. The number of aromatic nitrogens is 2. The topological polar surface area (TPSA) is 49.6 Å². The fourth-order valence-corrected chi connectivity index (χ4v) is 1.96. The monoisotopic (exact) mass is 275 g/mol. The van der Waals surface area contributed by atoms with E-state index in [4.69, 9.17) is 5.41 Å². The molecule has 4 heteroatoms. The Kier molecular flexibility index (Phi) is 4.48. The second-order valence-corrected chi connectivity index (χ2v) is 5.11. The van der Waals surface area contributed by atoms with Crippen LogP contribution in [0.1, 0.15) is 22.8 Å². The molecule has 0 unspecified atom stereocenters. The average molecular weight is 275 g/mol. The summed E-state index contributed by atoms with van der Waals surface area (Å²) in [5.41, 5.74) is 5.05. The molecular weight excluding hydrogens is 257 g/mol. The first-order chi connectivity index (χ1) is 9.95. The smallest absolute Gasteiger partial charge is 0.159 e. The quantitative estimate of drug-likeness (QED) is 0.527. The summed E-state index contributed by atoms with van der Waals surface area (Å²) in [6, 6.07) is 9.81. The van der Waals surface area contributed by atoms with E-state index in [1.165, 1.54) is 5.46 Å². The molecule has 1 aromatic carbocycles. The van der Waals surface area contributed by atoms with Gasteiger partial charge in [-0.05, 0) is 37.6 Å². The van der Waals surface area contributed by atoms with Crippen LogP contribution in [-0.4, -0.2) is 23.5 Å². The predicted octanol–water partition coefficient (Wildman–Crippen LogP) is 1.99. The van der Waals surface area contributed by atoms with Crippen LogP contribution in [0.15, 0.2) is 49.1 Å². The van der Waals surface area contributed by atoms with Crippen LogP contribution in [0.4, 0.5) is 0 Å². The molecule has 3 nitrogen and oxygen atoms in total. The average Bonchev–Trinajstić information content (AvgIpc) is 2.44. The number of rotatable bonds is 4. The molecule has 0 bridgehead atoms. The molecule has 2 aromatic rings. The minimum absolute atomic E-state index is 0.445. The van der Waals surface area contributed by atoms with Crippen LogP contribution in [0.2, 0.25) is 0 Å². The van der Waals surface area contributed by atoms with Gasteiger partial charge in [0.2, 0.25) is 0 Å². The number of benzene rings is 1. The molecule has 0 amide bonds. The third-order valence-electron chi connectivity index (χ3n) is 3.08. The van der Waals surface area contributed by atoms with Crippen molar-refractivity contribution < 1.29 is 0 Å². The highest BCUT2D eigenvalue weighted by Gasteiger charge is 2.02. The Morgan fingerprint density at radius 2 is 1.67 bits per heavy atom. The summed E-state index contributed by atoms with van der Waals surface area (Å²) in [6.45, 7) is 7.85. The van der Waals surface area contributed by atoms with E-state index < -0.39 is 0 Å². The van der Waals surface area contributed by atoms with Crippen molar-refractivity contribution in [2.75, 3.05) is 0 Å². The summed E-state index contributed by atoms with van der Waals surface area (Å²) in [5, 5.41) is 8.07. The van der Waals surface area contributed by atoms with Crippen LogP contribution in [-0.2, 0) is 0 Å². The lowest BCUT2D eigenvalue weighted by Gasteiger charge is -2.03. The van der Waals surface area contributed by atoms with Gasteiger partial charge in [0.1, 0.15) is 7.85 Å². The highest BCUT2D eigenvalue weighted by atomic mass is 14.9. The van der Waals surface area contributed by atoms with Gasteiger partial charge in [0.05, 0.1) is 5.71 Å². The van der Waals surface area contributed by atoms with Crippen molar-refractivity contribution in [1.82, 2.24) is 9.97 Å². The third kappa shape index (κ3) is 3.99. The van der Waals surface area contributed by atoms with E-state index in [-0.39, 0.29) is 0 Å². The summed E-state index contributed by atoms with van der Waals surface area (Å²) in [4.78, 5) is 8.73. The van der Waals surface area contributed by atoms with Crippen molar-refractivity contribution in [3.05, 3.63) is 71.8 Å². The Bertz CT molecular complexity index is 695. The second-order valence-electron chi connectivity index (χ2n) is 5.11. The highest BCUT2D eigenvalue weighted by Crippen LogP contribution is 2.11. The van der Waals surface area contributed by atoms with Crippen LogP contribution in [0.5, 0.6) is 0 Å². The van der Waals surface area contributed by atoms with Crippen LogP contribution in [0.3, 0.4) is 0 Å². The van der Waals surface area contributed by atoms with E-state index in [9.17, 15) is 0 Å². The molecule has 0 radical (unpaired) electrons. The summed E-state index contributed by atoms with van der Waals surface area (Å²) in [6.07, 6.45) is 3.52. The fraction of sp³-hybridized carbons (Fsp3) is 0.118. The molecule has 1 aromatic heterocycles. The Morgan fingerprint density at radius 3 is 2.24 bits per heavy atom. The molecule has 21 heavy (non-hydrogen) atoms. The highest BCUT2D eigenvalue weighted by molar-refractivity contribution is 6.32. The molecule has 1 heterocycles. The number of hydrogen-bond acceptors (Lipinski definition) is 3. The van der Waals surface area contributed by atoms with Crippen LogP contribution in [0.25, 0.3) is 5.57 Å². The Hall–Kier alpha value is -2.49. The van der Waals surface area contributed by atoms with Crippen molar-refractivity contribution in [2.45, 2.75) is 13.8 Å². The molecule has 0 fully saturated rings. The molecule has 0 saturated heterocycles. The minimum atomic E-state index is 0.445. The van der Waals surface area contributed by atoms with Gasteiger partial charge >= 0.3 is 0 Å². The molecule has 0 atom stereocenters. The van der Waals surface area contributed by atoms with E-state index in [1.54, 1.807) is 12.2 Å².